The fourth-order valence-corrected chi connectivity index (χ4v) is 2.85. The van der Waals surface area contributed by atoms with Gasteiger partial charge in [0.2, 0.25) is 0 Å². The van der Waals surface area contributed by atoms with Gasteiger partial charge >= 0.3 is 5.97 Å². The minimum absolute atomic E-state index is 0.247. The maximum absolute atomic E-state index is 12.1. The zero-order chi connectivity index (χ0) is 16.4. The molecule has 1 saturated heterocycles. The Hall–Kier alpha value is -2.34. The lowest BCUT2D eigenvalue weighted by Gasteiger charge is -2.31. The first-order chi connectivity index (χ1) is 11.0. The lowest BCUT2D eigenvalue weighted by atomic mass is 9.98. The standard InChI is InChI=1S/C16H16ClN3O3/c17-12-3-5-13(6-4-12)20-15(21)8-7-14(18-20)19-9-1-2-11(10-19)16(22)23/h3-8,11H,1-2,9-10H2,(H,22,23). The minimum atomic E-state index is -0.791. The molecule has 6 nitrogen and oxygen atoms in total. The molecule has 1 fully saturated rings. The molecule has 1 aromatic heterocycles. The van der Waals surface area contributed by atoms with Crippen LogP contribution in [0.1, 0.15) is 12.8 Å². The Morgan fingerprint density at radius 2 is 1.96 bits per heavy atom. The number of anilines is 1. The predicted molar refractivity (Wildman–Crippen MR) is 87.4 cm³/mol. The monoisotopic (exact) mass is 333 g/mol. The van der Waals surface area contributed by atoms with Crippen molar-refractivity contribution in [2.75, 3.05) is 18.0 Å². The van der Waals surface area contributed by atoms with Crippen LogP contribution >= 0.6 is 11.6 Å². The Kier molecular flexibility index (Phi) is 4.34. The topological polar surface area (TPSA) is 75.4 Å². The Bertz CT molecular complexity index is 773. The number of hydrogen-bond donors (Lipinski definition) is 1. The van der Waals surface area contributed by atoms with Gasteiger partial charge in [-0.1, -0.05) is 11.6 Å². The Morgan fingerprint density at radius 1 is 1.22 bits per heavy atom. The molecule has 1 aromatic carbocycles. The van der Waals surface area contributed by atoms with Crippen LogP contribution in [0.2, 0.25) is 5.02 Å². The molecule has 23 heavy (non-hydrogen) atoms. The van der Waals surface area contributed by atoms with Gasteiger partial charge in [-0.05, 0) is 43.2 Å². The smallest absolute Gasteiger partial charge is 0.308 e. The number of nitrogens with zero attached hydrogens (tertiary/aromatic N) is 3. The average Bonchev–Trinajstić information content (AvgIpc) is 2.56. The van der Waals surface area contributed by atoms with E-state index in [-0.39, 0.29) is 5.56 Å². The number of carbonyl (C=O) groups is 1. The number of aromatic nitrogens is 2. The third-order valence-corrected chi connectivity index (χ3v) is 4.20. The summed E-state index contributed by atoms with van der Waals surface area (Å²) >= 11 is 5.87. The van der Waals surface area contributed by atoms with Crippen molar-refractivity contribution in [2.24, 2.45) is 5.92 Å². The fourth-order valence-electron chi connectivity index (χ4n) is 2.72. The van der Waals surface area contributed by atoms with Gasteiger partial charge < -0.3 is 10.0 Å². The molecule has 0 radical (unpaired) electrons. The van der Waals surface area contributed by atoms with Crippen LogP contribution < -0.4 is 10.5 Å². The third-order valence-electron chi connectivity index (χ3n) is 3.95. The first-order valence-electron chi connectivity index (χ1n) is 7.38. The van der Waals surface area contributed by atoms with Gasteiger partial charge in [-0.3, -0.25) is 9.59 Å². The van der Waals surface area contributed by atoms with Crippen molar-refractivity contribution in [3.63, 3.8) is 0 Å². The second kappa shape index (κ2) is 6.42. The Morgan fingerprint density at radius 3 is 2.65 bits per heavy atom. The highest BCUT2D eigenvalue weighted by atomic mass is 35.5. The van der Waals surface area contributed by atoms with Crippen molar-refractivity contribution < 1.29 is 9.90 Å². The van der Waals surface area contributed by atoms with Crippen LogP contribution in [0.25, 0.3) is 5.69 Å². The molecule has 0 saturated carbocycles. The number of aliphatic carboxylic acids is 1. The van der Waals surface area contributed by atoms with E-state index in [9.17, 15) is 14.7 Å². The van der Waals surface area contributed by atoms with E-state index < -0.39 is 11.9 Å². The van der Waals surface area contributed by atoms with Crippen LogP contribution in [0, 0.1) is 5.92 Å². The zero-order valence-electron chi connectivity index (χ0n) is 12.4. The molecule has 0 bridgehead atoms. The lowest BCUT2D eigenvalue weighted by molar-refractivity contribution is -0.141. The molecule has 1 unspecified atom stereocenters. The van der Waals surface area contributed by atoms with E-state index in [2.05, 4.69) is 5.10 Å². The van der Waals surface area contributed by atoms with E-state index in [0.717, 1.165) is 13.0 Å². The van der Waals surface area contributed by atoms with Crippen LogP contribution in [-0.4, -0.2) is 33.9 Å². The number of rotatable bonds is 3. The van der Waals surface area contributed by atoms with Crippen LogP contribution in [0.5, 0.6) is 0 Å². The predicted octanol–water partition coefficient (Wildman–Crippen LogP) is 2.19. The molecule has 1 aliphatic rings. The van der Waals surface area contributed by atoms with Gasteiger partial charge in [0.25, 0.3) is 5.56 Å². The third kappa shape index (κ3) is 3.37. The number of benzene rings is 1. The number of piperidine rings is 1. The quantitative estimate of drug-likeness (QED) is 0.931. The van der Waals surface area contributed by atoms with Crippen LogP contribution in [0.15, 0.2) is 41.2 Å². The van der Waals surface area contributed by atoms with Crippen molar-refractivity contribution in [1.82, 2.24) is 9.78 Å². The fraction of sp³-hybridized carbons (Fsp3) is 0.312. The van der Waals surface area contributed by atoms with Crippen molar-refractivity contribution in [3.8, 4) is 5.69 Å². The average molecular weight is 334 g/mol. The molecule has 0 amide bonds. The van der Waals surface area contributed by atoms with E-state index in [1.54, 1.807) is 30.3 Å². The maximum Gasteiger partial charge on any atom is 0.308 e. The van der Waals surface area contributed by atoms with Gasteiger partial charge in [0.05, 0.1) is 11.6 Å². The SMILES string of the molecule is O=C(O)C1CCCN(c2ccc(=O)n(-c3ccc(Cl)cc3)n2)C1. The summed E-state index contributed by atoms with van der Waals surface area (Å²) in [5.74, 6) is -0.590. The Labute approximate surface area is 137 Å². The summed E-state index contributed by atoms with van der Waals surface area (Å²) < 4.78 is 1.30. The van der Waals surface area contributed by atoms with E-state index >= 15 is 0 Å². The highest BCUT2D eigenvalue weighted by Crippen LogP contribution is 2.21. The summed E-state index contributed by atoms with van der Waals surface area (Å²) in [5.41, 5.74) is 0.371. The van der Waals surface area contributed by atoms with Crippen molar-refractivity contribution in [2.45, 2.75) is 12.8 Å². The van der Waals surface area contributed by atoms with Crippen molar-refractivity contribution >= 4 is 23.4 Å². The molecular formula is C16H16ClN3O3. The second-order valence-corrected chi connectivity index (χ2v) is 5.98. The van der Waals surface area contributed by atoms with Crippen LogP contribution in [-0.2, 0) is 4.79 Å². The normalized spacial score (nSPS) is 18.0. The minimum Gasteiger partial charge on any atom is -0.481 e. The summed E-state index contributed by atoms with van der Waals surface area (Å²) in [6.07, 6.45) is 1.46. The van der Waals surface area contributed by atoms with E-state index in [4.69, 9.17) is 11.6 Å². The molecule has 0 spiro atoms. The van der Waals surface area contributed by atoms with Crippen molar-refractivity contribution in [3.05, 3.63) is 51.8 Å². The molecule has 1 atom stereocenters. The number of hydrogen-bond acceptors (Lipinski definition) is 4. The zero-order valence-corrected chi connectivity index (χ0v) is 13.1. The van der Waals surface area contributed by atoms with Crippen molar-refractivity contribution in [1.29, 1.82) is 0 Å². The largest absolute Gasteiger partial charge is 0.481 e. The molecule has 120 valence electrons. The molecule has 1 N–H and O–H groups in total. The molecule has 3 rings (SSSR count). The number of carboxylic acid groups (broad SMARTS) is 1. The van der Waals surface area contributed by atoms with Gasteiger partial charge in [-0.25, -0.2) is 0 Å². The second-order valence-electron chi connectivity index (χ2n) is 5.54. The first-order valence-corrected chi connectivity index (χ1v) is 7.76. The van der Waals surface area contributed by atoms with Gasteiger partial charge in [-0.2, -0.15) is 4.68 Å². The number of halogens is 1. The molecule has 1 aliphatic heterocycles. The van der Waals surface area contributed by atoms with Crippen LogP contribution in [0.4, 0.5) is 5.82 Å². The summed E-state index contributed by atoms with van der Waals surface area (Å²) in [7, 11) is 0. The highest BCUT2D eigenvalue weighted by molar-refractivity contribution is 6.30. The molecular weight excluding hydrogens is 318 g/mol. The van der Waals surface area contributed by atoms with Gasteiger partial charge in [0.15, 0.2) is 0 Å². The van der Waals surface area contributed by atoms with Gasteiger partial charge in [0.1, 0.15) is 5.82 Å². The summed E-state index contributed by atoms with van der Waals surface area (Å²) in [6.45, 7) is 1.14. The number of carboxylic acids is 1. The molecule has 0 aliphatic carbocycles. The lowest BCUT2D eigenvalue weighted by Crippen LogP contribution is -2.40. The van der Waals surface area contributed by atoms with Crippen LogP contribution in [0.3, 0.4) is 0 Å². The Balaban J connectivity index is 1.92. The summed E-state index contributed by atoms with van der Waals surface area (Å²) in [4.78, 5) is 25.2. The van der Waals surface area contributed by atoms with E-state index in [1.807, 2.05) is 4.90 Å². The summed E-state index contributed by atoms with van der Waals surface area (Å²) in [6, 6.07) is 9.91. The molecule has 2 aromatic rings. The van der Waals surface area contributed by atoms with Gasteiger partial charge in [-0.15, -0.1) is 5.10 Å². The van der Waals surface area contributed by atoms with E-state index in [1.165, 1.54) is 10.7 Å². The van der Waals surface area contributed by atoms with E-state index in [0.29, 0.717) is 29.5 Å². The summed E-state index contributed by atoms with van der Waals surface area (Å²) in [5, 5.41) is 14.2. The molecule has 2 heterocycles. The highest BCUT2D eigenvalue weighted by Gasteiger charge is 2.26. The van der Waals surface area contributed by atoms with Gasteiger partial charge in [0, 0.05) is 24.2 Å². The molecule has 7 heteroatoms. The first kappa shape index (κ1) is 15.6. The maximum atomic E-state index is 12.1.